The maximum atomic E-state index is 2.48. The molecule has 6 aromatic rings. The Kier molecular flexibility index (Phi) is 4.84. The van der Waals surface area contributed by atoms with Crippen molar-refractivity contribution in [2.45, 2.75) is 18.8 Å². The molecule has 2 aliphatic carbocycles. The van der Waals surface area contributed by atoms with E-state index >= 15 is 0 Å². The molecule has 0 bridgehead atoms. The van der Waals surface area contributed by atoms with Crippen molar-refractivity contribution in [3.8, 4) is 16.8 Å². The summed E-state index contributed by atoms with van der Waals surface area (Å²) >= 11 is 0. The Morgan fingerprint density at radius 1 is 0.641 bits per heavy atom. The summed E-state index contributed by atoms with van der Waals surface area (Å²) in [5, 5.41) is 2.58. The second-order valence-electron chi connectivity index (χ2n) is 11.0. The molecule has 0 saturated carbocycles. The van der Waals surface area contributed by atoms with E-state index in [0.29, 0.717) is 5.92 Å². The Morgan fingerprint density at radius 3 is 1.85 bits per heavy atom. The van der Waals surface area contributed by atoms with E-state index in [2.05, 4.69) is 151 Å². The van der Waals surface area contributed by atoms with Crippen LogP contribution in [0.2, 0.25) is 0 Å². The van der Waals surface area contributed by atoms with Gasteiger partial charge in [-0.05, 0) is 70.0 Å². The van der Waals surface area contributed by atoms with Crippen LogP contribution in [0, 0.1) is 5.92 Å². The second-order valence-corrected chi connectivity index (χ2v) is 11.0. The summed E-state index contributed by atoms with van der Waals surface area (Å²) in [5.41, 5.74) is 11.4. The van der Waals surface area contributed by atoms with Gasteiger partial charge in [0, 0.05) is 16.5 Å². The molecule has 0 N–H and O–H groups in total. The standard InChI is InChI=1S/C38H29N/c1-26-21-23-27(24-22-26)38(34-17-6-2-13-30(34)31-14-3-7-18-35(31)38)28-11-10-12-29(25-28)39-36-19-8-4-15-32(36)33-16-5-9-20-37(33)39/h2-21,23-26H,22H2,1H3. The first kappa shape index (κ1) is 22.4. The maximum absolute atomic E-state index is 2.48. The van der Waals surface area contributed by atoms with Crippen LogP contribution in [-0.4, -0.2) is 4.57 Å². The van der Waals surface area contributed by atoms with Gasteiger partial charge in [-0.15, -0.1) is 0 Å². The van der Waals surface area contributed by atoms with Crippen LogP contribution in [0.1, 0.15) is 30.0 Å². The zero-order chi connectivity index (χ0) is 26.0. The van der Waals surface area contributed by atoms with Gasteiger partial charge < -0.3 is 4.57 Å². The van der Waals surface area contributed by atoms with E-state index in [4.69, 9.17) is 0 Å². The van der Waals surface area contributed by atoms with E-state index in [1.54, 1.807) is 0 Å². The Bertz CT molecular complexity index is 1870. The molecule has 2 aliphatic rings. The number of allylic oxidation sites excluding steroid dienone is 4. The number of nitrogens with zero attached hydrogens (tertiary/aromatic N) is 1. The van der Waals surface area contributed by atoms with Crippen LogP contribution in [-0.2, 0) is 5.41 Å². The van der Waals surface area contributed by atoms with Gasteiger partial charge in [-0.2, -0.15) is 0 Å². The minimum absolute atomic E-state index is 0.363. The van der Waals surface area contributed by atoms with Gasteiger partial charge in [-0.3, -0.25) is 0 Å². The van der Waals surface area contributed by atoms with E-state index in [9.17, 15) is 0 Å². The number of para-hydroxylation sites is 2. The van der Waals surface area contributed by atoms with Gasteiger partial charge in [-0.1, -0.05) is 122 Å². The predicted molar refractivity (Wildman–Crippen MR) is 164 cm³/mol. The van der Waals surface area contributed by atoms with E-state index in [0.717, 1.165) is 6.42 Å². The fourth-order valence-electron chi connectivity index (χ4n) is 7.11. The van der Waals surface area contributed by atoms with Crippen molar-refractivity contribution in [2.24, 2.45) is 5.92 Å². The third-order valence-electron chi connectivity index (χ3n) is 8.82. The predicted octanol–water partition coefficient (Wildman–Crippen LogP) is 9.62. The molecule has 186 valence electrons. The molecule has 0 aliphatic heterocycles. The summed E-state index contributed by atoms with van der Waals surface area (Å²) in [5.74, 6) is 0.557. The van der Waals surface area contributed by atoms with E-state index in [1.807, 2.05) is 0 Å². The van der Waals surface area contributed by atoms with Crippen molar-refractivity contribution >= 4 is 21.8 Å². The molecule has 1 heteroatoms. The zero-order valence-electron chi connectivity index (χ0n) is 22.0. The van der Waals surface area contributed by atoms with E-state index in [-0.39, 0.29) is 5.41 Å². The molecular weight excluding hydrogens is 470 g/mol. The fourth-order valence-corrected chi connectivity index (χ4v) is 7.11. The van der Waals surface area contributed by atoms with Crippen LogP contribution in [0.25, 0.3) is 38.6 Å². The molecule has 0 radical (unpaired) electrons. The summed E-state index contributed by atoms with van der Waals surface area (Å²) in [6.45, 7) is 2.30. The first-order valence-corrected chi connectivity index (χ1v) is 13.9. The summed E-state index contributed by atoms with van der Waals surface area (Å²) < 4.78 is 2.43. The highest BCUT2D eigenvalue weighted by Crippen LogP contribution is 2.57. The molecule has 39 heavy (non-hydrogen) atoms. The van der Waals surface area contributed by atoms with Crippen molar-refractivity contribution < 1.29 is 0 Å². The van der Waals surface area contributed by atoms with E-state index in [1.165, 1.54) is 60.9 Å². The molecule has 0 saturated heterocycles. The van der Waals surface area contributed by atoms with Gasteiger partial charge in [0.2, 0.25) is 0 Å². The van der Waals surface area contributed by atoms with E-state index < -0.39 is 0 Å². The summed E-state index contributed by atoms with van der Waals surface area (Å²) in [7, 11) is 0. The van der Waals surface area contributed by atoms with Crippen molar-refractivity contribution in [1.29, 1.82) is 0 Å². The van der Waals surface area contributed by atoms with Crippen molar-refractivity contribution in [1.82, 2.24) is 4.57 Å². The maximum Gasteiger partial charge on any atom is 0.0711 e. The summed E-state index contributed by atoms with van der Waals surface area (Å²) in [6.07, 6.45) is 8.32. The molecule has 5 aromatic carbocycles. The fraction of sp³-hybridized carbons (Fsp3) is 0.105. The Hall–Kier alpha value is -4.62. The van der Waals surface area contributed by atoms with Gasteiger partial charge in [0.05, 0.1) is 16.4 Å². The lowest BCUT2D eigenvalue weighted by Crippen LogP contribution is -2.30. The minimum atomic E-state index is -0.363. The van der Waals surface area contributed by atoms with Crippen LogP contribution in [0.5, 0.6) is 0 Å². The number of rotatable bonds is 3. The average molecular weight is 500 g/mol. The Labute approximate surface area is 229 Å². The third-order valence-corrected chi connectivity index (χ3v) is 8.82. The molecule has 1 nitrogen and oxygen atoms in total. The number of hydrogen-bond acceptors (Lipinski definition) is 0. The molecule has 8 rings (SSSR count). The molecular formula is C38H29N. The average Bonchev–Trinajstić information content (AvgIpc) is 3.49. The Balaban J connectivity index is 1.46. The highest BCUT2D eigenvalue weighted by Gasteiger charge is 2.46. The van der Waals surface area contributed by atoms with Crippen LogP contribution < -0.4 is 0 Å². The van der Waals surface area contributed by atoms with Crippen LogP contribution >= 0.6 is 0 Å². The zero-order valence-corrected chi connectivity index (χ0v) is 22.0. The van der Waals surface area contributed by atoms with Crippen molar-refractivity contribution in [3.63, 3.8) is 0 Å². The van der Waals surface area contributed by atoms with Gasteiger partial charge >= 0.3 is 0 Å². The van der Waals surface area contributed by atoms with Gasteiger partial charge in [-0.25, -0.2) is 0 Å². The van der Waals surface area contributed by atoms with Crippen molar-refractivity contribution in [2.75, 3.05) is 0 Å². The molecule has 1 unspecified atom stereocenters. The molecule has 0 spiro atoms. The lowest BCUT2D eigenvalue weighted by Gasteiger charge is -2.36. The third kappa shape index (κ3) is 3.08. The lowest BCUT2D eigenvalue weighted by atomic mass is 9.65. The van der Waals surface area contributed by atoms with Crippen LogP contribution in [0.3, 0.4) is 0 Å². The van der Waals surface area contributed by atoms with Crippen molar-refractivity contribution in [3.05, 3.63) is 162 Å². The molecule has 1 aromatic heterocycles. The minimum Gasteiger partial charge on any atom is -0.309 e. The topological polar surface area (TPSA) is 4.93 Å². The molecule has 1 heterocycles. The summed E-state index contributed by atoms with van der Waals surface area (Å²) in [6, 6.07) is 44.8. The molecule has 0 fully saturated rings. The first-order chi connectivity index (χ1) is 19.3. The Morgan fingerprint density at radius 2 is 1.23 bits per heavy atom. The number of benzene rings is 5. The van der Waals surface area contributed by atoms with Gasteiger partial charge in [0.25, 0.3) is 0 Å². The molecule has 0 amide bonds. The largest absolute Gasteiger partial charge is 0.309 e. The number of aromatic nitrogens is 1. The number of hydrogen-bond donors (Lipinski definition) is 0. The highest BCUT2D eigenvalue weighted by atomic mass is 15.0. The first-order valence-electron chi connectivity index (χ1n) is 13.9. The second kappa shape index (κ2) is 8.44. The number of fused-ring (bicyclic) bond motifs is 6. The SMILES string of the molecule is CC1C=CC(C2(c3cccc(-n4c5ccccc5c5ccccc54)c3)c3ccccc3-c3ccccc32)=CC1. The van der Waals surface area contributed by atoms with Crippen LogP contribution in [0.4, 0.5) is 0 Å². The highest BCUT2D eigenvalue weighted by molar-refractivity contribution is 6.09. The normalized spacial score (nSPS) is 17.3. The quantitative estimate of drug-likeness (QED) is 0.228. The van der Waals surface area contributed by atoms with Gasteiger partial charge in [0.15, 0.2) is 0 Å². The lowest BCUT2D eigenvalue weighted by molar-refractivity contribution is 0.691. The smallest absolute Gasteiger partial charge is 0.0711 e. The summed E-state index contributed by atoms with van der Waals surface area (Å²) in [4.78, 5) is 0. The monoisotopic (exact) mass is 499 g/mol. The van der Waals surface area contributed by atoms with Gasteiger partial charge in [0.1, 0.15) is 0 Å². The molecule has 1 atom stereocenters. The van der Waals surface area contributed by atoms with Crippen LogP contribution in [0.15, 0.2) is 145 Å².